The highest BCUT2D eigenvalue weighted by Crippen LogP contribution is 2.39. The average Bonchev–Trinajstić information content (AvgIpc) is 2.17. The van der Waals surface area contributed by atoms with Gasteiger partial charge in [-0.05, 0) is 30.6 Å². The lowest BCUT2D eigenvalue weighted by atomic mass is 9.69. The van der Waals surface area contributed by atoms with Gasteiger partial charge in [0, 0.05) is 32.8 Å². The zero-order valence-corrected chi connectivity index (χ0v) is 8.86. The fourth-order valence-electron chi connectivity index (χ4n) is 3.31. The van der Waals surface area contributed by atoms with Crippen molar-refractivity contribution in [2.45, 2.75) is 19.3 Å². The Morgan fingerprint density at radius 1 is 1.21 bits per heavy atom. The average molecular weight is 198 g/mol. The van der Waals surface area contributed by atoms with E-state index in [0.717, 1.165) is 24.9 Å². The van der Waals surface area contributed by atoms with Gasteiger partial charge in [0.05, 0.1) is 0 Å². The third kappa shape index (κ3) is 1.95. The molecule has 2 aliphatic rings. The van der Waals surface area contributed by atoms with E-state index < -0.39 is 0 Å². The van der Waals surface area contributed by atoms with Crippen LogP contribution in [0.5, 0.6) is 0 Å². The van der Waals surface area contributed by atoms with E-state index in [1.807, 2.05) is 0 Å². The van der Waals surface area contributed by atoms with Gasteiger partial charge in [0.15, 0.2) is 0 Å². The molecule has 0 spiro atoms. The van der Waals surface area contributed by atoms with Crippen molar-refractivity contribution in [2.75, 3.05) is 32.8 Å². The second-order valence-corrected chi connectivity index (χ2v) is 4.85. The minimum Gasteiger partial charge on any atom is -0.396 e. The highest BCUT2D eigenvalue weighted by Gasteiger charge is 2.38. The Morgan fingerprint density at radius 3 is 2.36 bits per heavy atom. The third-order valence-corrected chi connectivity index (χ3v) is 4.00. The molecule has 3 nitrogen and oxygen atoms in total. The number of nitrogens with zero attached hydrogens (tertiary/aromatic N) is 1. The quantitative estimate of drug-likeness (QED) is 0.685. The van der Waals surface area contributed by atoms with Crippen molar-refractivity contribution in [3.8, 4) is 0 Å². The fraction of sp³-hybridized carbons (Fsp3) is 1.00. The predicted octanol–water partition coefficient (Wildman–Crippen LogP) is 0.285. The summed E-state index contributed by atoms with van der Waals surface area (Å²) in [5.74, 6) is 2.05. The molecule has 1 saturated carbocycles. The van der Waals surface area contributed by atoms with Crippen LogP contribution in [0.25, 0.3) is 0 Å². The summed E-state index contributed by atoms with van der Waals surface area (Å²) in [6.45, 7) is 4.53. The smallest absolute Gasteiger partial charge is 0.0465 e. The van der Waals surface area contributed by atoms with Gasteiger partial charge >= 0.3 is 0 Å². The van der Waals surface area contributed by atoms with Crippen LogP contribution >= 0.6 is 0 Å². The molecule has 14 heavy (non-hydrogen) atoms. The molecule has 2 fully saturated rings. The molecular formula is C11H22N2O. The summed E-state index contributed by atoms with van der Waals surface area (Å²) < 4.78 is 0. The van der Waals surface area contributed by atoms with E-state index in [-0.39, 0.29) is 0 Å². The molecule has 82 valence electrons. The van der Waals surface area contributed by atoms with Gasteiger partial charge < -0.3 is 15.7 Å². The van der Waals surface area contributed by atoms with Gasteiger partial charge in [0.25, 0.3) is 0 Å². The van der Waals surface area contributed by atoms with Crippen molar-refractivity contribution >= 4 is 0 Å². The Bertz CT molecular complexity index is 172. The minimum atomic E-state index is 0.395. The molecule has 3 N–H and O–H groups in total. The molecule has 3 heteroatoms. The first-order chi connectivity index (χ1) is 6.85. The zero-order valence-electron chi connectivity index (χ0n) is 8.86. The summed E-state index contributed by atoms with van der Waals surface area (Å²) in [5, 5.41) is 9.37. The van der Waals surface area contributed by atoms with Crippen molar-refractivity contribution in [1.29, 1.82) is 0 Å². The SMILES string of the molecule is NCCN1CC2CCCC(C1)C2CO. The lowest BCUT2D eigenvalue weighted by Gasteiger charge is -2.46. The van der Waals surface area contributed by atoms with Crippen LogP contribution in [0.3, 0.4) is 0 Å². The Kier molecular flexibility index (Phi) is 3.42. The van der Waals surface area contributed by atoms with Gasteiger partial charge in [-0.25, -0.2) is 0 Å². The molecule has 2 bridgehead atoms. The minimum absolute atomic E-state index is 0.395. The van der Waals surface area contributed by atoms with Gasteiger partial charge in [-0.3, -0.25) is 0 Å². The van der Waals surface area contributed by atoms with Gasteiger partial charge in [-0.2, -0.15) is 0 Å². The molecule has 0 aromatic heterocycles. The number of likely N-dealkylation sites (tertiary alicyclic amines) is 1. The van der Waals surface area contributed by atoms with Crippen LogP contribution in [-0.4, -0.2) is 42.8 Å². The van der Waals surface area contributed by atoms with E-state index in [9.17, 15) is 5.11 Å². The van der Waals surface area contributed by atoms with Gasteiger partial charge in [0.1, 0.15) is 0 Å². The van der Waals surface area contributed by atoms with Crippen molar-refractivity contribution in [2.24, 2.45) is 23.5 Å². The number of aliphatic hydroxyl groups is 1. The second kappa shape index (κ2) is 4.60. The van der Waals surface area contributed by atoms with E-state index in [2.05, 4.69) is 4.90 Å². The largest absolute Gasteiger partial charge is 0.396 e. The number of piperidine rings is 1. The van der Waals surface area contributed by atoms with Crippen LogP contribution < -0.4 is 5.73 Å². The Labute approximate surface area is 86.3 Å². The molecule has 0 aromatic rings. The molecule has 0 aromatic carbocycles. The standard InChI is InChI=1S/C11H22N2O/c12-4-5-13-6-9-2-1-3-10(7-13)11(9)8-14/h9-11,14H,1-8,12H2. The molecule has 1 saturated heterocycles. The Morgan fingerprint density at radius 2 is 1.86 bits per heavy atom. The third-order valence-electron chi connectivity index (χ3n) is 4.00. The van der Waals surface area contributed by atoms with Crippen molar-refractivity contribution in [3.05, 3.63) is 0 Å². The fourth-order valence-corrected chi connectivity index (χ4v) is 3.31. The first-order valence-electron chi connectivity index (χ1n) is 5.88. The molecule has 2 atom stereocenters. The van der Waals surface area contributed by atoms with Crippen LogP contribution in [0.4, 0.5) is 0 Å². The van der Waals surface area contributed by atoms with E-state index in [0.29, 0.717) is 12.5 Å². The maximum absolute atomic E-state index is 9.37. The summed E-state index contributed by atoms with van der Waals surface area (Å²) in [4.78, 5) is 2.49. The van der Waals surface area contributed by atoms with Gasteiger partial charge in [-0.15, -0.1) is 0 Å². The predicted molar refractivity (Wildman–Crippen MR) is 56.9 cm³/mol. The number of hydrogen-bond acceptors (Lipinski definition) is 3. The highest BCUT2D eigenvalue weighted by atomic mass is 16.3. The Balaban J connectivity index is 1.97. The van der Waals surface area contributed by atoms with Crippen LogP contribution in [0.15, 0.2) is 0 Å². The number of aliphatic hydroxyl groups excluding tert-OH is 1. The van der Waals surface area contributed by atoms with Gasteiger partial charge in [0.2, 0.25) is 0 Å². The molecule has 1 aliphatic carbocycles. The summed E-state index contributed by atoms with van der Waals surface area (Å²) in [6.07, 6.45) is 3.98. The van der Waals surface area contributed by atoms with Crippen LogP contribution in [0.1, 0.15) is 19.3 Å². The summed E-state index contributed by atoms with van der Waals surface area (Å²) in [5.41, 5.74) is 5.59. The normalized spacial score (nSPS) is 38.6. The van der Waals surface area contributed by atoms with E-state index >= 15 is 0 Å². The molecule has 1 aliphatic heterocycles. The first kappa shape index (κ1) is 10.4. The first-order valence-corrected chi connectivity index (χ1v) is 5.88. The number of fused-ring (bicyclic) bond motifs is 2. The maximum atomic E-state index is 9.37. The van der Waals surface area contributed by atoms with E-state index in [1.165, 1.54) is 32.4 Å². The molecule has 1 heterocycles. The van der Waals surface area contributed by atoms with E-state index in [1.54, 1.807) is 0 Å². The topological polar surface area (TPSA) is 49.5 Å². The number of nitrogens with two attached hydrogens (primary N) is 1. The molecule has 0 radical (unpaired) electrons. The molecular weight excluding hydrogens is 176 g/mol. The molecule has 0 amide bonds. The monoisotopic (exact) mass is 198 g/mol. The van der Waals surface area contributed by atoms with Gasteiger partial charge in [-0.1, -0.05) is 6.42 Å². The summed E-state index contributed by atoms with van der Waals surface area (Å²) in [6, 6.07) is 0. The summed E-state index contributed by atoms with van der Waals surface area (Å²) >= 11 is 0. The van der Waals surface area contributed by atoms with Crippen LogP contribution in [0, 0.1) is 17.8 Å². The van der Waals surface area contributed by atoms with Crippen LogP contribution in [-0.2, 0) is 0 Å². The van der Waals surface area contributed by atoms with Crippen LogP contribution in [0.2, 0.25) is 0 Å². The van der Waals surface area contributed by atoms with Crippen molar-refractivity contribution < 1.29 is 5.11 Å². The lowest BCUT2D eigenvalue weighted by molar-refractivity contribution is -0.00517. The zero-order chi connectivity index (χ0) is 9.97. The second-order valence-electron chi connectivity index (χ2n) is 4.85. The molecule has 2 rings (SSSR count). The van der Waals surface area contributed by atoms with E-state index in [4.69, 9.17) is 5.73 Å². The summed E-state index contributed by atoms with van der Waals surface area (Å²) in [7, 11) is 0. The highest BCUT2D eigenvalue weighted by molar-refractivity contribution is 4.89. The van der Waals surface area contributed by atoms with Crippen molar-refractivity contribution in [1.82, 2.24) is 4.90 Å². The number of rotatable bonds is 3. The lowest BCUT2D eigenvalue weighted by Crippen LogP contribution is -2.50. The molecule has 2 unspecified atom stereocenters. The van der Waals surface area contributed by atoms with Crippen molar-refractivity contribution in [3.63, 3.8) is 0 Å². The maximum Gasteiger partial charge on any atom is 0.0465 e. The Hall–Kier alpha value is -0.120. The number of hydrogen-bond donors (Lipinski definition) is 2.